The highest BCUT2D eigenvalue weighted by molar-refractivity contribution is 5.96. The Hall–Kier alpha value is -3.86. The van der Waals surface area contributed by atoms with E-state index in [1.165, 1.54) is 5.56 Å². The molecule has 0 saturated carbocycles. The first-order valence-electron chi connectivity index (χ1n) is 12.8. The molecule has 204 valence electrons. The fourth-order valence-corrected chi connectivity index (χ4v) is 3.60. The average Bonchev–Trinajstić information content (AvgIpc) is 2.95. The minimum absolute atomic E-state index is 0.101. The molecule has 0 bridgehead atoms. The van der Waals surface area contributed by atoms with Crippen LogP contribution in [0.15, 0.2) is 66.9 Å². The van der Waals surface area contributed by atoms with E-state index < -0.39 is 17.9 Å². The SMILES string of the molecule is CCc1ccccc1.NCCN(CCN)C(=O)CCC(N)C(=O)NCC(=O)Nc1cnc2ccccc2c1. The van der Waals surface area contributed by atoms with Crippen molar-refractivity contribution in [2.45, 2.75) is 32.2 Å². The monoisotopic (exact) mass is 521 g/mol. The Balaban J connectivity index is 0.000000538. The van der Waals surface area contributed by atoms with Gasteiger partial charge in [0.1, 0.15) is 0 Å². The topological polar surface area (TPSA) is 169 Å². The Labute approximate surface area is 224 Å². The van der Waals surface area contributed by atoms with Gasteiger partial charge in [-0.3, -0.25) is 19.4 Å². The van der Waals surface area contributed by atoms with E-state index in [4.69, 9.17) is 17.2 Å². The number of hydrogen-bond donors (Lipinski definition) is 5. The van der Waals surface area contributed by atoms with Gasteiger partial charge in [0.15, 0.2) is 0 Å². The summed E-state index contributed by atoms with van der Waals surface area (Å²) >= 11 is 0. The molecule has 38 heavy (non-hydrogen) atoms. The molecule has 0 radical (unpaired) electrons. The molecule has 8 N–H and O–H groups in total. The minimum atomic E-state index is -0.901. The second kappa shape index (κ2) is 16.8. The van der Waals surface area contributed by atoms with Crippen LogP contribution in [0.4, 0.5) is 5.69 Å². The second-order valence-electron chi connectivity index (χ2n) is 8.63. The maximum absolute atomic E-state index is 12.2. The summed E-state index contributed by atoms with van der Waals surface area (Å²) in [7, 11) is 0. The number of fused-ring (bicyclic) bond motifs is 1. The summed E-state index contributed by atoms with van der Waals surface area (Å²) < 4.78 is 0. The molecular weight excluding hydrogens is 482 g/mol. The van der Waals surface area contributed by atoms with Gasteiger partial charge < -0.3 is 32.7 Å². The van der Waals surface area contributed by atoms with E-state index >= 15 is 0 Å². The van der Waals surface area contributed by atoms with E-state index in [0.717, 1.165) is 17.3 Å². The number of benzene rings is 2. The van der Waals surface area contributed by atoms with Crippen LogP contribution in [-0.4, -0.2) is 66.4 Å². The second-order valence-corrected chi connectivity index (χ2v) is 8.63. The molecule has 0 aliphatic carbocycles. The first-order chi connectivity index (χ1) is 18.4. The molecular formula is C28H39N7O3. The van der Waals surface area contributed by atoms with Crippen LogP contribution in [0.5, 0.6) is 0 Å². The van der Waals surface area contributed by atoms with E-state index in [0.29, 0.717) is 31.9 Å². The molecule has 3 amide bonds. The van der Waals surface area contributed by atoms with Crippen molar-refractivity contribution in [3.8, 4) is 0 Å². The van der Waals surface area contributed by atoms with E-state index in [1.807, 2.05) is 30.3 Å². The van der Waals surface area contributed by atoms with Gasteiger partial charge in [-0.1, -0.05) is 55.5 Å². The number of pyridine rings is 1. The highest BCUT2D eigenvalue weighted by Gasteiger charge is 2.18. The number of nitrogens with one attached hydrogen (secondary N) is 2. The summed E-state index contributed by atoms with van der Waals surface area (Å²) in [5, 5.41) is 6.05. The predicted molar refractivity (Wildman–Crippen MR) is 151 cm³/mol. The number of nitrogens with two attached hydrogens (primary N) is 3. The molecule has 0 saturated heterocycles. The summed E-state index contributed by atoms with van der Waals surface area (Å²) in [5.74, 6) is -1.06. The largest absolute Gasteiger partial charge is 0.346 e. The van der Waals surface area contributed by atoms with Gasteiger partial charge in [0.05, 0.1) is 30.0 Å². The number of hydrogen-bond acceptors (Lipinski definition) is 7. The van der Waals surface area contributed by atoms with Crippen LogP contribution in [0, 0.1) is 0 Å². The zero-order valence-corrected chi connectivity index (χ0v) is 21.9. The number of nitrogens with zero attached hydrogens (tertiary/aromatic N) is 2. The zero-order valence-electron chi connectivity index (χ0n) is 21.9. The summed E-state index contributed by atoms with van der Waals surface area (Å²) in [6.07, 6.45) is 2.95. The van der Waals surface area contributed by atoms with Crippen LogP contribution < -0.4 is 27.8 Å². The van der Waals surface area contributed by atoms with Gasteiger partial charge in [0, 0.05) is 38.0 Å². The molecule has 3 aromatic rings. The Morgan fingerprint density at radius 3 is 2.26 bits per heavy atom. The summed E-state index contributed by atoms with van der Waals surface area (Å²) in [6.45, 7) is 3.40. The number of aryl methyl sites for hydroxylation is 1. The minimum Gasteiger partial charge on any atom is -0.346 e. The Kier molecular flexibility index (Phi) is 13.4. The molecule has 3 rings (SSSR count). The number of para-hydroxylation sites is 1. The van der Waals surface area contributed by atoms with Gasteiger partial charge in [-0.25, -0.2) is 0 Å². The molecule has 0 spiro atoms. The Morgan fingerprint density at radius 2 is 1.63 bits per heavy atom. The van der Waals surface area contributed by atoms with Crippen LogP contribution in [0.2, 0.25) is 0 Å². The Bertz CT molecular complexity index is 1150. The number of carbonyl (C=O) groups excluding carboxylic acids is 3. The van der Waals surface area contributed by atoms with Crippen LogP contribution in [0.25, 0.3) is 10.9 Å². The lowest BCUT2D eigenvalue weighted by Crippen LogP contribution is -2.45. The highest BCUT2D eigenvalue weighted by Crippen LogP contribution is 2.15. The third kappa shape index (κ3) is 10.6. The van der Waals surface area contributed by atoms with Crippen molar-refractivity contribution >= 4 is 34.3 Å². The van der Waals surface area contributed by atoms with Gasteiger partial charge in [0.2, 0.25) is 17.7 Å². The van der Waals surface area contributed by atoms with E-state index in [2.05, 4.69) is 46.8 Å². The van der Waals surface area contributed by atoms with Gasteiger partial charge >= 0.3 is 0 Å². The first-order valence-corrected chi connectivity index (χ1v) is 12.8. The van der Waals surface area contributed by atoms with Gasteiger partial charge in [-0.15, -0.1) is 0 Å². The molecule has 10 nitrogen and oxygen atoms in total. The molecule has 0 aliphatic rings. The molecule has 10 heteroatoms. The predicted octanol–water partition coefficient (Wildman–Crippen LogP) is 1.39. The first kappa shape index (κ1) is 30.4. The molecule has 1 atom stereocenters. The highest BCUT2D eigenvalue weighted by atomic mass is 16.2. The van der Waals surface area contributed by atoms with Crippen LogP contribution in [0.3, 0.4) is 0 Å². The molecule has 0 aliphatic heterocycles. The fourth-order valence-electron chi connectivity index (χ4n) is 3.60. The molecule has 0 fully saturated rings. The van der Waals surface area contributed by atoms with Gasteiger partial charge in [-0.2, -0.15) is 0 Å². The third-order valence-electron chi connectivity index (χ3n) is 5.71. The van der Waals surface area contributed by atoms with Crippen molar-refractivity contribution in [1.29, 1.82) is 0 Å². The lowest BCUT2D eigenvalue weighted by molar-refractivity contribution is -0.131. The van der Waals surface area contributed by atoms with Crippen LogP contribution in [-0.2, 0) is 20.8 Å². The molecule has 1 heterocycles. The lowest BCUT2D eigenvalue weighted by Gasteiger charge is -2.22. The van der Waals surface area contributed by atoms with Crippen molar-refractivity contribution in [2.75, 3.05) is 38.0 Å². The quantitative estimate of drug-likeness (QED) is 0.240. The fraction of sp³-hybridized carbons (Fsp3) is 0.357. The van der Waals surface area contributed by atoms with Crippen LogP contribution in [0.1, 0.15) is 25.3 Å². The average molecular weight is 522 g/mol. The third-order valence-corrected chi connectivity index (χ3v) is 5.71. The number of carbonyl (C=O) groups is 3. The van der Waals surface area contributed by atoms with E-state index in [1.54, 1.807) is 17.2 Å². The summed E-state index contributed by atoms with van der Waals surface area (Å²) in [5.41, 5.74) is 19.6. The van der Waals surface area contributed by atoms with Crippen molar-refractivity contribution in [3.05, 3.63) is 72.4 Å². The number of amides is 3. The van der Waals surface area contributed by atoms with Crippen molar-refractivity contribution in [1.82, 2.24) is 15.2 Å². The van der Waals surface area contributed by atoms with Gasteiger partial charge in [-0.05, 0) is 30.5 Å². The van der Waals surface area contributed by atoms with Crippen molar-refractivity contribution in [3.63, 3.8) is 0 Å². The summed E-state index contributed by atoms with van der Waals surface area (Å²) in [4.78, 5) is 42.2. The maximum Gasteiger partial charge on any atom is 0.243 e. The smallest absolute Gasteiger partial charge is 0.243 e. The molecule has 2 aromatic carbocycles. The zero-order chi connectivity index (χ0) is 27.8. The van der Waals surface area contributed by atoms with E-state index in [9.17, 15) is 14.4 Å². The number of anilines is 1. The van der Waals surface area contributed by atoms with Crippen molar-refractivity contribution in [2.24, 2.45) is 17.2 Å². The Morgan fingerprint density at radius 1 is 0.974 bits per heavy atom. The van der Waals surface area contributed by atoms with Crippen LogP contribution >= 0.6 is 0 Å². The standard InChI is InChI=1S/C20H29N7O3.C8H10/c21-7-9-27(10-8-22)19(29)6-5-16(23)20(30)25-13-18(28)26-15-11-14-3-1-2-4-17(14)24-12-15;1-2-8-6-4-3-5-7-8/h1-4,11-12,16H,5-10,13,21-23H2,(H,25,30)(H,26,28);3-7H,2H2,1H3. The van der Waals surface area contributed by atoms with E-state index in [-0.39, 0.29) is 25.3 Å². The normalized spacial score (nSPS) is 11.2. The molecule has 1 unspecified atom stereocenters. The van der Waals surface area contributed by atoms with Crippen molar-refractivity contribution < 1.29 is 14.4 Å². The number of rotatable bonds is 12. The van der Waals surface area contributed by atoms with Gasteiger partial charge in [0.25, 0.3) is 0 Å². The lowest BCUT2D eigenvalue weighted by atomic mass is 10.1. The maximum atomic E-state index is 12.2. The number of aromatic nitrogens is 1. The molecule has 1 aromatic heterocycles. The summed E-state index contributed by atoms with van der Waals surface area (Å²) in [6, 6.07) is 18.9.